The molecular weight excluding hydrogens is 240 g/mol. The second kappa shape index (κ2) is 8.61. The first-order valence-corrected chi connectivity index (χ1v) is 5.16. The second-order valence-corrected chi connectivity index (χ2v) is 3.35. The molecule has 0 rings (SSSR count). The number of nitrogens with zero attached hydrogens (tertiary/aromatic N) is 2. The first kappa shape index (κ1) is 15.5. The number of hydrogen-bond acceptors (Lipinski definition) is 4. The van der Waals surface area contributed by atoms with Gasteiger partial charge in [0.2, 0.25) is 23.7 Å². The van der Waals surface area contributed by atoms with E-state index in [9.17, 15) is 9.59 Å². The Morgan fingerprint density at radius 1 is 0.778 bits per heavy atom. The van der Waals surface area contributed by atoms with E-state index in [1.165, 1.54) is 0 Å². The Kier molecular flexibility index (Phi) is 7.41. The lowest BCUT2D eigenvalue weighted by Crippen LogP contribution is -2.29. The molecule has 0 aromatic carbocycles. The lowest BCUT2D eigenvalue weighted by atomic mass is 10.2. The van der Waals surface area contributed by atoms with Crippen LogP contribution in [-0.2, 0) is 9.59 Å². The van der Waals surface area contributed by atoms with Crippen molar-refractivity contribution >= 4 is 23.7 Å². The van der Waals surface area contributed by atoms with Crippen molar-refractivity contribution in [3.63, 3.8) is 0 Å². The minimum Gasteiger partial charge on any atom is -0.369 e. The minimum atomic E-state index is -0.326. The molecule has 0 unspecified atom stereocenters. The highest BCUT2D eigenvalue weighted by Gasteiger charge is 2.03. The molecule has 10 heteroatoms. The summed E-state index contributed by atoms with van der Waals surface area (Å²) in [5.41, 5.74) is 24.4. The normalized spacial score (nSPS) is 9.11. The summed E-state index contributed by atoms with van der Waals surface area (Å²) in [6.07, 6.45) is 1.46. The highest BCUT2D eigenvalue weighted by atomic mass is 16.2. The molecule has 10 nitrogen and oxygen atoms in total. The van der Waals surface area contributed by atoms with Crippen molar-refractivity contribution in [3.05, 3.63) is 0 Å². The Balaban J connectivity index is 3.62. The van der Waals surface area contributed by atoms with Crippen molar-refractivity contribution in [1.29, 1.82) is 0 Å². The van der Waals surface area contributed by atoms with Gasteiger partial charge in [0, 0.05) is 12.8 Å². The van der Waals surface area contributed by atoms with Crippen molar-refractivity contribution in [1.82, 2.24) is 10.9 Å². The molecule has 0 saturated carbocycles. The average molecular weight is 258 g/mol. The molecule has 0 heterocycles. The molecule has 0 spiro atoms. The lowest BCUT2D eigenvalue weighted by molar-refractivity contribution is -0.123. The number of carbonyl (C=O) groups is 2. The maximum Gasteiger partial charge on any atom is 0.240 e. The Labute approximate surface area is 104 Å². The van der Waals surface area contributed by atoms with Crippen LogP contribution in [0.1, 0.15) is 25.7 Å². The fourth-order valence-corrected chi connectivity index (χ4v) is 0.937. The van der Waals surface area contributed by atoms with Crippen molar-refractivity contribution in [2.45, 2.75) is 25.7 Å². The predicted molar refractivity (Wildman–Crippen MR) is 66.4 cm³/mol. The van der Waals surface area contributed by atoms with Crippen LogP contribution >= 0.6 is 0 Å². The third kappa shape index (κ3) is 10.0. The SMILES string of the molecule is NC(N)=NNC(=O)CCCCC(=O)NN=C(N)N. The number of rotatable bonds is 7. The summed E-state index contributed by atoms with van der Waals surface area (Å²) in [5, 5.41) is 6.67. The number of hydrogen-bond donors (Lipinski definition) is 6. The van der Waals surface area contributed by atoms with Crippen molar-refractivity contribution in [2.75, 3.05) is 0 Å². The standard InChI is InChI=1S/C8H18N8O2/c9-7(10)15-13-5(17)3-1-2-4-6(18)14-16-8(11)12/h1-4H2,(H,13,17)(H,14,18)(H4,9,10,15)(H4,11,12,16). The highest BCUT2D eigenvalue weighted by Crippen LogP contribution is 1.99. The average Bonchev–Trinajstić information content (AvgIpc) is 2.29. The van der Waals surface area contributed by atoms with Gasteiger partial charge < -0.3 is 22.9 Å². The number of carbonyl (C=O) groups excluding carboxylic acids is 2. The molecule has 0 aliphatic rings. The van der Waals surface area contributed by atoms with Crippen molar-refractivity contribution in [2.24, 2.45) is 33.1 Å². The van der Waals surface area contributed by atoms with Gasteiger partial charge >= 0.3 is 0 Å². The first-order valence-electron chi connectivity index (χ1n) is 5.16. The van der Waals surface area contributed by atoms with Gasteiger partial charge in [0.15, 0.2) is 0 Å². The monoisotopic (exact) mass is 258 g/mol. The van der Waals surface area contributed by atoms with E-state index in [0.717, 1.165) is 0 Å². The van der Waals surface area contributed by atoms with Crippen LogP contribution in [0.25, 0.3) is 0 Å². The van der Waals surface area contributed by atoms with Crippen LogP contribution in [0, 0.1) is 0 Å². The molecule has 18 heavy (non-hydrogen) atoms. The molecule has 2 amide bonds. The van der Waals surface area contributed by atoms with E-state index in [4.69, 9.17) is 22.9 Å². The van der Waals surface area contributed by atoms with Gasteiger partial charge in [-0.1, -0.05) is 0 Å². The summed E-state index contributed by atoms with van der Waals surface area (Å²) in [5.74, 6) is -1.10. The molecule has 0 atom stereocenters. The van der Waals surface area contributed by atoms with E-state index in [0.29, 0.717) is 12.8 Å². The van der Waals surface area contributed by atoms with Gasteiger partial charge in [-0.05, 0) is 12.8 Å². The quantitative estimate of drug-likeness (QED) is 0.123. The molecule has 0 aromatic heterocycles. The predicted octanol–water partition coefficient (Wildman–Crippen LogP) is -2.84. The van der Waals surface area contributed by atoms with Crippen LogP contribution in [0.5, 0.6) is 0 Å². The highest BCUT2D eigenvalue weighted by molar-refractivity contribution is 5.81. The number of nitrogens with one attached hydrogen (secondary N) is 2. The van der Waals surface area contributed by atoms with Crippen LogP contribution in [0.3, 0.4) is 0 Å². The molecule has 0 fully saturated rings. The van der Waals surface area contributed by atoms with E-state index in [2.05, 4.69) is 21.1 Å². The lowest BCUT2D eigenvalue weighted by Gasteiger charge is -2.01. The number of guanidine groups is 2. The van der Waals surface area contributed by atoms with Crippen LogP contribution in [0.4, 0.5) is 0 Å². The van der Waals surface area contributed by atoms with Crippen LogP contribution in [0.2, 0.25) is 0 Å². The van der Waals surface area contributed by atoms with Gasteiger partial charge in [-0.2, -0.15) is 0 Å². The summed E-state index contributed by atoms with van der Waals surface area (Å²) >= 11 is 0. The molecule has 0 saturated heterocycles. The van der Waals surface area contributed by atoms with Crippen molar-refractivity contribution in [3.8, 4) is 0 Å². The summed E-state index contributed by atoms with van der Waals surface area (Å²) in [4.78, 5) is 22.2. The number of amides is 2. The maximum absolute atomic E-state index is 11.1. The third-order valence-electron chi connectivity index (χ3n) is 1.68. The van der Waals surface area contributed by atoms with E-state index in [-0.39, 0.29) is 36.6 Å². The van der Waals surface area contributed by atoms with Crippen LogP contribution in [-0.4, -0.2) is 23.7 Å². The molecule has 102 valence electrons. The van der Waals surface area contributed by atoms with Gasteiger partial charge in [-0.15, -0.1) is 10.2 Å². The fourth-order valence-electron chi connectivity index (χ4n) is 0.937. The fraction of sp³-hybridized carbons (Fsp3) is 0.500. The molecular formula is C8H18N8O2. The van der Waals surface area contributed by atoms with Crippen molar-refractivity contribution < 1.29 is 9.59 Å². The molecule has 0 aromatic rings. The minimum absolute atomic E-state index is 0.215. The maximum atomic E-state index is 11.1. The number of unbranched alkanes of at least 4 members (excludes halogenated alkanes) is 1. The first-order chi connectivity index (χ1) is 8.41. The summed E-state index contributed by atoms with van der Waals surface area (Å²) in [6, 6.07) is 0. The van der Waals surface area contributed by atoms with E-state index < -0.39 is 0 Å². The zero-order valence-electron chi connectivity index (χ0n) is 9.85. The molecule has 10 N–H and O–H groups in total. The Bertz CT molecular complexity index is 309. The second-order valence-electron chi connectivity index (χ2n) is 3.35. The number of nitrogens with two attached hydrogens (primary N) is 4. The topological polar surface area (TPSA) is 187 Å². The molecule has 0 radical (unpaired) electrons. The summed E-state index contributed by atoms with van der Waals surface area (Å²) in [7, 11) is 0. The Morgan fingerprint density at radius 3 is 1.39 bits per heavy atom. The summed E-state index contributed by atoms with van der Waals surface area (Å²) in [6.45, 7) is 0. The zero-order chi connectivity index (χ0) is 14.0. The van der Waals surface area contributed by atoms with E-state index in [1.807, 2.05) is 0 Å². The van der Waals surface area contributed by atoms with Crippen LogP contribution in [0.15, 0.2) is 10.2 Å². The van der Waals surface area contributed by atoms with Gasteiger partial charge in [-0.25, -0.2) is 10.9 Å². The van der Waals surface area contributed by atoms with E-state index in [1.54, 1.807) is 0 Å². The third-order valence-corrected chi connectivity index (χ3v) is 1.68. The smallest absolute Gasteiger partial charge is 0.240 e. The van der Waals surface area contributed by atoms with E-state index >= 15 is 0 Å². The largest absolute Gasteiger partial charge is 0.369 e. The Morgan fingerprint density at radius 2 is 1.11 bits per heavy atom. The number of hydrazone groups is 2. The molecule has 0 aliphatic heterocycles. The Hall–Kier alpha value is -2.52. The van der Waals surface area contributed by atoms with Crippen LogP contribution < -0.4 is 33.8 Å². The van der Waals surface area contributed by atoms with Gasteiger partial charge in [0.05, 0.1) is 0 Å². The molecule has 0 aliphatic carbocycles. The van der Waals surface area contributed by atoms with Gasteiger partial charge in [0.25, 0.3) is 0 Å². The molecule has 0 bridgehead atoms. The summed E-state index contributed by atoms with van der Waals surface area (Å²) < 4.78 is 0. The zero-order valence-corrected chi connectivity index (χ0v) is 9.85. The van der Waals surface area contributed by atoms with Gasteiger partial charge in [-0.3, -0.25) is 9.59 Å². The van der Waals surface area contributed by atoms with Gasteiger partial charge in [0.1, 0.15) is 0 Å².